The van der Waals surface area contributed by atoms with Crippen molar-refractivity contribution in [2.24, 2.45) is 13.0 Å². The minimum atomic E-state index is -3.75. The van der Waals surface area contributed by atoms with E-state index >= 15 is 0 Å². The molecule has 1 saturated heterocycles. The van der Waals surface area contributed by atoms with E-state index in [-0.39, 0.29) is 16.8 Å². The van der Waals surface area contributed by atoms with E-state index in [1.165, 1.54) is 12.8 Å². The van der Waals surface area contributed by atoms with Crippen LogP contribution in [0.2, 0.25) is 0 Å². The molecule has 158 valence electrons. The number of aromatic nitrogens is 1. The summed E-state index contributed by atoms with van der Waals surface area (Å²) in [5.41, 5.74) is 1.71. The quantitative estimate of drug-likeness (QED) is 0.774. The van der Waals surface area contributed by atoms with Crippen LogP contribution in [-0.2, 0) is 17.1 Å². The largest absolute Gasteiger partial charge is 0.350 e. The third-order valence-electron chi connectivity index (χ3n) is 6.65. The van der Waals surface area contributed by atoms with Crippen molar-refractivity contribution >= 4 is 15.9 Å². The Balaban J connectivity index is 1.93. The topological polar surface area (TPSA) is 71.4 Å². The van der Waals surface area contributed by atoms with Crippen molar-refractivity contribution in [3.63, 3.8) is 0 Å². The molecule has 2 aliphatic rings. The molecule has 1 aromatic heterocycles. The number of piperidine rings is 1. The lowest BCUT2D eigenvalue weighted by atomic mass is 9.98. The van der Waals surface area contributed by atoms with Gasteiger partial charge in [0.25, 0.3) is 5.91 Å². The van der Waals surface area contributed by atoms with Crippen molar-refractivity contribution in [3.05, 3.63) is 17.0 Å². The van der Waals surface area contributed by atoms with Crippen LogP contribution >= 0.6 is 0 Å². The van der Waals surface area contributed by atoms with Gasteiger partial charge in [0.15, 0.2) is 0 Å². The van der Waals surface area contributed by atoms with Gasteiger partial charge in [-0.25, -0.2) is 13.1 Å². The van der Waals surface area contributed by atoms with E-state index in [2.05, 4.69) is 11.6 Å². The maximum atomic E-state index is 13.4. The number of rotatable bonds is 4. The predicted molar refractivity (Wildman–Crippen MR) is 111 cm³/mol. The van der Waals surface area contributed by atoms with Crippen LogP contribution in [0.25, 0.3) is 0 Å². The van der Waals surface area contributed by atoms with Crippen LogP contribution in [0.1, 0.15) is 80.0 Å². The highest BCUT2D eigenvalue weighted by Gasteiger charge is 2.34. The molecule has 2 heterocycles. The maximum absolute atomic E-state index is 13.4. The Labute approximate surface area is 169 Å². The molecule has 1 amide bonds. The second-order valence-corrected chi connectivity index (χ2v) is 10.4. The number of carbonyl (C=O) groups is 1. The Morgan fingerprint density at radius 1 is 0.964 bits per heavy atom. The fraction of sp³-hybridized carbons (Fsp3) is 0.762. The summed E-state index contributed by atoms with van der Waals surface area (Å²) in [4.78, 5) is 15.3. The molecule has 1 saturated carbocycles. The minimum absolute atomic E-state index is 0.0359. The summed E-state index contributed by atoms with van der Waals surface area (Å²) >= 11 is 0. The summed E-state index contributed by atoms with van der Waals surface area (Å²) in [6.07, 6.45) is 8.12. The Hall–Kier alpha value is -1.34. The first-order valence-electron chi connectivity index (χ1n) is 10.7. The van der Waals surface area contributed by atoms with Gasteiger partial charge >= 0.3 is 0 Å². The molecule has 1 aromatic rings. The zero-order valence-electron chi connectivity index (χ0n) is 17.8. The summed E-state index contributed by atoms with van der Waals surface area (Å²) < 4.78 is 31.5. The first-order chi connectivity index (χ1) is 13.2. The molecule has 3 rings (SSSR count). The molecule has 6 nitrogen and oxygen atoms in total. The van der Waals surface area contributed by atoms with Gasteiger partial charge in [0.2, 0.25) is 10.0 Å². The van der Waals surface area contributed by atoms with E-state index in [9.17, 15) is 13.2 Å². The molecule has 1 aliphatic heterocycles. The van der Waals surface area contributed by atoms with Crippen LogP contribution in [0.5, 0.6) is 0 Å². The van der Waals surface area contributed by atoms with Crippen molar-refractivity contribution in [1.29, 1.82) is 0 Å². The van der Waals surface area contributed by atoms with Crippen molar-refractivity contribution in [2.75, 3.05) is 13.1 Å². The van der Waals surface area contributed by atoms with Gasteiger partial charge in [-0.05, 0) is 45.4 Å². The van der Waals surface area contributed by atoms with E-state index in [4.69, 9.17) is 0 Å². The van der Waals surface area contributed by atoms with Crippen LogP contribution < -0.4 is 4.72 Å². The van der Waals surface area contributed by atoms with Crippen LogP contribution in [-0.4, -0.2) is 42.9 Å². The van der Waals surface area contributed by atoms with Crippen molar-refractivity contribution in [1.82, 2.24) is 14.2 Å². The lowest BCUT2D eigenvalue weighted by Gasteiger charge is -2.30. The van der Waals surface area contributed by atoms with E-state index in [1.54, 1.807) is 6.92 Å². The molecule has 0 bridgehead atoms. The molecule has 28 heavy (non-hydrogen) atoms. The summed E-state index contributed by atoms with van der Waals surface area (Å²) in [6.45, 7) is 7.24. The lowest BCUT2D eigenvalue weighted by Crippen LogP contribution is -2.40. The van der Waals surface area contributed by atoms with Crippen LogP contribution in [0.15, 0.2) is 4.90 Å². The van der Waals surface area contributed by atoms with Crippen LogP contribution in [0.4, 0.5) is 0 Å². The molecule has 1 aliphatic carbocycles. The highest BCUT2D eigenvalue weighted by molar-refractivity contribution is 7.89. The monoisotopic (exact) mass is 409 g/mol. The summed E-state index contributed by atoms with van der Waals surface area (Å²) in [5, 5.41) is 0. The number of nitrogens with zero attached hydrogens (tertiary/aromatic N) is 2. The molecule has 2 fully saturated rings. The molecular weight excluding hydrogens is 374 g/mol. The van der Waals surface area contributed by atoms with Gasteiger partial charge in [0.05, 0.1) is 5.56 Å². The van der Waals surface area contributed by atoms with Gasteiger partial charge in [0, 0.05) is 37.6 Å². The molecule has 1 N–H and O–H groups in total. The Morgan fingerprint density at radius 2 is 1.54 bits per heavy atom. The highest BCUT2D eigenvalue weighted by Crippen LogP contribution is 2.30. The predicted octanol–water partition coefficient (Wildman–Crippen LogP) is 3.52. The number of sulfonamides is 1. The molecule has 0 spiro atoms. The average molecular weight is 410 g/mol. The van der Waals surface area contributed by atoms with Gasteiger partial charge in [-0.2, -0.15) is 0 Å². The normalized spacial score (nSPS) is 20.4. The molecule has 0 atom stereocenters. The van der Waals surface area contributed by atoms with E-state index < -0.39 is 10.0 Å². The average Bonchev–Trinajstić information content (AvgIpc) is 2.83. The third kappa shape index (κ3) is 4.30. The molecule has 0 unspecified atom stereocenters. The fourth-order valence-corrected chi connectivity index (χ4v) is 6.36. The van der Waals surface area contributed by atoms with Gasteiger partial charge in [-0.15, -0.1) is 0 Å². The fourth-order valence-electron chi connectivity index (χ4n) is 4.54. The molecule has 0 radical (unpaired) electrons. The zero-order chi connectivity index (χ0) is 20.5. The van der Waals surface area contributed by atoms with Gasteiger partial charge in [-0.1, -0.05) is 32.6 Å². The highest BCUT2D eigenvalue weighted by atomic mass is 32.2. The molecular formula is C21H35N3O3S. The standard InChI is InChI=1S/C21H35N3O3S/c1-15-11-13-24(14-12-15)21(25)19-16(2)23(4)17(3)20(19)28(26,27)22-18-9-7-5-6-8-10-18/h15,18,22H,5-14H2,1-4H3. The first-order valence-corrected chi connectivity index (χ1v) is 12.2. The number of hydrogen-bond acceptors (Lipinski definition) is 3. The van der Waals surface area contributed by atoms with Gasteiger partial charge in [-0.3, -0.25) is 4.79 Å². The first kappa shape index (κ1) is 21.4. The van der Waals surface area contributed by atoms with Crippen molar-refractivity contribution in [2.45, 2.75) is 83.1 Å². The number of hydrogen-bond donors (Lipinski definition) is 1. The van der Waals surface area contributed by atoms with E-state index in [0.29, 0.717) is 30.3 Å². The molecule has 0 aromatic carbocycles. The Morgan fingerprint density at radius 3 is 2.11 bits per heavy atom. The Kier molecular flexibility index (Phi) is 6.54. The van der Waals surface area contributed by atoms with E-state index in [1.807, 2.05) is 23.4 Å². The number of carbonyl (C=O) groups excluding carboxylic acids is 1. The lowest BCUT2D eigenvalue weighted by molar-refractivity contribution is 0.0692. The molecule has 7 heteroatoms. The summed E-state index contributed by atoms with van der Waals surface area (Å²) in [5.74, 6) is 0.470. The van der Waals surface area contributed by atoms with E-state index in [0.717, 1.165) is 44.2 Å². The second-order valence-electron chi connectivity index (χ2n) is 8.72. The SMILES string of the molecule is Cc1c(C(=O)N2CCC(C)CC2)c(S(=O)(=O)NC2CCCCCC2)c(C)n1C. The zero-order valence-corrected chi connectivity index (χ0v) is 18.6. The smallest absolute Gasteiger partial charge is 0.257 e. The third-order valence-corrected chi connectivity index (χ3v) is 8.33. The maximum Gasteiger partial charge on any atom is 0.257 e. The second kappa shape index (κ2) is 8.57. The van der Waals surface area contributed by atoms with Gasteiger partial charge < -0.3 is 9.47 Å². The minimum Gasteiger partial charge on any atom is -0.350 e. The number of amides is 1. The summed E-state index contributed by atoms with van der Waals surface area (Å²) in [6, 6.07) is -0.0359. The van der Waals surface area contributed by atoms with Gasteiger partial charge in [0.1, 0.15) is 4.90 Å². The van der Waals surface area contributed by atoms with Crippen LogP contribution in [0.3, 0.4) is 0 Å². The Bertz CT molecular complexity index is 812. The summed E-state index contributed by atoms with van der Waals surface area (Å²) in [7, 11) is -1.91. The number of nitrogens with one attached hydrogen (secondary N) is 1. The van der Waals surface area contributed by atoms with Crippen molar-refractivity contribution in [3.8, 4) is 0 Å². The van der Waals surface area contributed by atoms with Crippen LogP contribution in [0, 0.1) is 19.8 Å². The number of likely N-dealkylation sites (tertiary alicyclic amines) is 1. The van der Waals surface area contributed by atoms with Crippen molar-refractivity contribution < 1.29 is 13.2 Å².